The second kappa shape index (κ2) is 3.26. The molecule has 0 aromatic rings. The maximum Gasteiger partial charge on any atom is 0.162 e. The van der Waals surface area contributed by atoms with Crippen LogP contribution in [0.4, 0.5) is 0 Å². The predicted molar refractivity (Wildman–Crippen MR) is 67.9 cm³/mol. The minimum absolute atomic E-state index is 0.0741. The number of aliphatic hydroxyl groups is 2. The van der Waals surface area contributed by atoms with Crippen LogP contribution < -0.4 is 0 Å². The number of rotatable bonds is 1. The highest BCUT2D eigenvalue weighted by atomic mass is 16.3. The van der Waals surface area contributed by atoms with Crippen molar-refractivity contribution in [3.05, 3.63) is 11.1 Å². The van der Waals surface area contributed by atoms with Crippen molar-refractivity contribution in [1.82, 2.24) is 0 Å². The van der Waals surface area contributed by atoms with Crippen molar-refractivity contribution in [3.63, 3.8) is 0 Å². The van der Waals surface area contributed by atoms with E-state index in [0.717, 1.165) is 24.0 Å². The van der Waals surface area contributed by atoms with Crippen molar-refractivity contribution in [2.75, 3.05) is 6.61 Å². The Balaban J connectivity index is 2.09. The monoisotopic (exact) mass is 250 g/mol. The molecule has 0 saturated heterocycles. The van der Waals surface area contributed by atoms with Crippen LogP contribution in [0, 0.1) is 16.7 Å². The Bertz CT molecular complexity index is 456. The number of ketones is 1. The Labute approximate surface area is 108 Å². The van der Waals surface area contributed by atoms with Gasteiger partial charge in [0, 0.05) is 17.9 Å². The van der Waals surface area contributed by atoms with Crippen molar-refractivity contribution < 1.29 is 15.0 Å². The van der Waals surface area contributed by atoms with Gasteiger partial charge in [-0.25, -0.2) is 0 Å². The van der Waals surface area contributed by atoms with E-state index in [1.807, 2.05) is 20.8 Å². The van der Waals surface area contributed by atoms with Crippen LogP contribution in [0.2, 0.25) is 0 Å². The van der Waals surface area contributed by atoms with Gasteiger partial charge in [-0.1, -0.05) is 13.8 Å². The van der Waals surface area contributed by atoms with Crippen LogP contribution in [-0.2, 0) is 4.79 Å². The summed E-state index contributed by atoms with van der Waals surface area (Å²) in [5.74, 6) is 0.137. The minimum Gasteiger partial charge on any atom is -0.396 e. The van der Waals surface area contributed by atoms with Gasteiger partial charge in [0.1, 0.15) is 0 Å². The second-order valence-electron chi connectivity index (χ2n) is 7.09. The molecule has 0 aliphatic heterocycles. The van der Waals surface area contributed by atoms with Crippen molar-refractivity contribution in [3.8, 4) is 0 Å². The van der Waals surface area contributed by atoms with Gasteiger partial charge >= 0.3 is 0 Å². The first-order valence-corrected chi connectivity index (χ1v) is 6.87. The van der Waals surface area contributed by atoms with Crippen LogP contribution in [0.25, 0.3) is 0 Å². The first-order valence-electron chi connectivity index (χ1n) is 6.87. The molecular weight excluding hydrogens is 228 g/mol. The third-order valence-electron chi connectivity index (χ3n) is 5.82. The molecule has 1 fully saturated rings. The lowest BCUT2D eigenvalue weighted by molar-refractivity contribution is -0.127. The van der Waals surface area contributed by atoms with Crippen molar-refractivity contribution in [2.45, 2.75) is 52.1 Å². The van der Waals surface area contributed by atoms with E-state index in [2.05, 4.69) is 0 Å². The molecule has 0 bridgehead atoms. The summed E-state index contributed by atoms with van der Waals surface area (Å²) in [6.07, 6.45) is 3.17. The van der Waals surface area contributed by atoms with E-state index < -0.39 is 5.60 Å². The molecule has 1 spiro atoms. The van der Waals surface area contributed by atoms with E-state index in [-0.39, 0.29) is 29.1 Å². The lowest BCUT2D eigenvalue weighted by Gasteiger charge is -2.43. The van der Waals surface area contributed by atoms with Crippen molar-refractivity contribution in [1.29, 1.82) is 0 Å². The summed E-state index contributed by atoms with van der Waals surface area (Å²) in [4.78, 5) is 12.5. The maximum atomic E-state index is 12.5. The number of aliphatic hydroxyl groups excluding tert-OH is 1. The molecule has 0 heterocycles. The average Bonchev–Trinajstić information content (AvgIpc) is 3.05. The molecule has 0 unspecified atom stereocenters. The van der Waals surface area contributed by atoms with Crippen LogP contribution in [0.3, 0.4) is 0 Å². The highest BCUT2D eigenvalue weighted by Gasteiger charge is 2.67. The standard InChI is InChI=1S/C15H22O3/c1-9-12(17)10-6-13(2,8-16)7-11(10)14(3,18)15(9)4-5-15/h9,16,18H,4-8H2,1-3H3/t9-,13+,14+/m0/s1. The van der Waals surface area contributed by atoms with Crippen LogP contribution in [0.1, 0.15) is 46.5 Å². The minimum atomic E-state index is -0.859. The number of carbonyl (C=O) groups excluding carboxylic acids is 1. The summed E-state index contributed by atoms with van der Waals surface area (Å²) in [5.41, 5.74) is 0.387. The van der Waals surface area contributed by atoms with E-state index in [0.29, 0.717) is 12.8 Å². The molecule has 0 radical (unpaired) electrons. The van der Waals surface area contributed by atoms with Gasteiger partial charge in [-0.05, 0) is 49.2 Å². The van der Waals surface area contributed by atoms with Gasteiger partial charge in [-0.3, -0.25) is 4.79 Å². The number of allylic oxidation sites excluding steroid dienone is 1. The molecule has 18 heavy (non-hydrogen) atoms. The summed E-state index contributed by atoms with van der Waals surface area (Å²) in [7, 11) is 0. The van der Waals surface area contributed by atoms with E-state index in [1.165, 1.54) is 0 Å². The molecule has 3 atom stereocenters. The number of carbonyl (C=O) groups is 1. The van der Waals surface area contributed by atoms with Gasteiger partial charge in [0.05, 0.1) is 5.60 Å². The fourth-order valence-corrected chi connectivity index (χ4v) is 4.23. The van der Waals surface area contributed by atoms with Gasteiger partial charge < -0.3 is 10.2 Å². The normalized spacial score (nSPS) is 45.6. The largest absolute Gasteiger partial charge is 0.396 e. The van der Waals surface area contributed by atoms with Gasteiger partial charge in [-0.2, -0.15) is 0 Å². The lowest BCUT2D eigenvalue weighted by Crippen LogP contribution is -2.48. The Morgan fingerprint density at radius 2 is 1.89 bits per heavy atom. The number of hydrogen-bond donors (Lipinski definition) is 2. The molecule has 0 aromatic heterocycles. The SMILES string of the molecule is C[C@H]1C(=O)C2=C(C[C@](C)(CO)C2)[C@@](C)(O)C12CC2. The Morgan fingerprint density at radius 1 is 1.28 bits per heavy atom. The Hall–Kier alpha value is -0.670. The van der Waals surface area contributed by atoms with Gasteiger partial charge in [-0.15, -0.1) is 0 Å². The van der Waals surface area contributed by atoms with Gasteiger partial charge in [0.15, 0.2) is 5.78 Å². The third-order valence-corrected chi connectivity index (χ3v) is 5.82. The predicted octanol–water partition coefficient (Wildman–Crippen LogP) is 1.83. The molecule has 100 valence electrons. The molecule has 3 aliphatic carbocycles. The summed E-state index contributed by atoms with van der Waals surface area (Å²) >= 11 is 0. The number of Topliss-reactive ketones (excluding diaryl/α,β-unsaturated/α-hetero) is 1. The van der Waals surface area contributed by atoms with Gasteiger partial charge in [0.2, 0.25) is 0 Å². The Morgan fingerprint density at radius 3 is 2.39 bits per heavy atom. The first kappa shape index (κ1) is 12.4. The van der Waals surface area contributed by atoms with E-state index >= 15 is 0 Å². The molecule has 3 rings (SSSR count). The fourth-order valence-electron chi connectivity index (χ4n) is 4.23. The van der Waals surface area contributed by atoms with Crippen molar-refractivity contribution in [2.24, 2.45) is 16.7 Å². The quantitative estimate of drug-likeness (QED) is 0.746. The maximum absolute atomic E-state index is 12.5. The van der Waals surface area contributed by atoms with Crippen LogP contribution in [0.5, 0.6) is 0 Å². The van der Waals surface area contributed by atoms with E-state index in [1.54, 1.807) is 0 Å². The molecule has 3 heteroatoms. The highest BCUT2D eigenvalue weighted by molar-refractivity contribution is 6.01. The topological polar surface area (TPSA) is 57.5 Å². The smallest absolute Gasteiger partial charge is 0.162 e. The zero-order valence-corrected chi connectivity index (χ0v) is 11.4. The molecular formula is C15H22O3. The summed E-state index contributed by atoms with van der Waals surface area (Å²) < 4.78 is 0. The zero-order valence-electron chi connectivity index (χ0n) is 11.4. The van der Waals surface area contributed by atoms with Crippen LogP contribution in [0.15, 0.2) is 11.1 Å². The molecule has 2 N–H and O–H groups in total. The van der Waals surface area contributed by atoms with Gasteiger partial charge in [0.25, 0.3) is 0 Å². The fraction of sp³-hybridized carbons (Fsp3) is 0.800. The molecule has 3 nitrogen and oxygen atoms in total. The first-order chi connectivity index (χ1) is 8.27. The third kappa shape index (κ3) is 1.24. The molecule has 1 saturated carbocycles. The molecule has 0 aromatic carbocycles. The highest BCUT2D eigenvalue weighted by Crippen LogP contribution is 2.67. The summed E-state index contributed by atoms with van der Waals surface area (Å²) in [6, 6.07) is 0. The Kier molecular flexibility index (Phi) is 2.24. The van der Waals surface area contributed by atoms with Crippen LogP contribution in [-0.4, -0.2) is 28.2 Å². The van der Waals surface area contributed by atoms with E-state index in [9.17, 15) is 15.0 Å². The van der Waals surface area contributed by atoms with Crippen molar-refractivity contribution >= 4 is 5.78 Å². The molecule has 0 amide bonds. The van der Waals surface area contributed by atoms with E-state index in [4.69, 9.17) is 0 Å². The summed E-state index contributed by atoms with van der Waals surface area (Å²) in [6.45, 7) is 5.91. The summed E-state index contributed by atoms with van der Waals surface area (Å²) in [5, 5.41) is 20.5. The lowest BCUT2D eigenvalue weighted by atomic mass is 9.64. The average molecular weight is 250 g/mol. The van der Waals surface area contributed by atoms with Crippen LogP contribution >= 0.6 is 0 Å². The number of hydrogen-bond acceptors (Lipinski definition) is 3. The second-order valence-corrected chi connectivity index (χ2v) is 7.09. The zero-order chi connectivity index (χ0) is 13.3. The molecule has 3 aliphatic rings.